The van der Waals surface area contributed by atoms with E-state index < -0.39 is 0 Å². The minimum atomic E-state index is 0.538. The first-order valence-electron chi connectivity index (χ1n) is 8.62. The minimum absolute atomic E-state index is 0.538. The van der Waals surface area contributed by atoms with Crippen molar-refractivity contribution in [2.24, 2.45) is 0 Å². The number of benzene rings is 1. The van der Waals surface area contributed by atoms with Crippen LogP contribution in [-0.4, -0.2) is 19.9 Å². The van der Waals surface area contributed by atoms with E-state index in [9.17, 15) is 0 Å². The molecule has 3 aromatic heterocycles. The van der Waals surface area contributed by atoms with Crippen molar-refractivity contribution >= 4 is 40.3 Å². The highest BCUT2D eigenvalue weighted by atomic mass is 35.5. The number of hydrogen-bond acceptors (Lipinski definition) is 7. The molecule has 0 saturated heterocycles. The third-order valence-corrected chi connectivity index (χ3v) is 5.20. The van der Waals surface area contributed by atoms with Gasteiger partial charge in [0.2, 0.25) is 5.95 Å². The van der Waals surface area contributed by atoms with Gasteiger partial charge in [0.05, 0.1) is 12.2 Å². The number of aryl methyl sites for hydroxylation is 1. The summed E-state index contributed by atoms with van der Waals surface area (Å²) in [5, 5.41) is 6.70. The first-order valence-corrected chi connectivity index (χ1v) is 9.82. The van der Waals surface area contributed by atoms with Crippen LogP contribution < -0.4 is 10.6 Å². The van der Waals surface area contributed by atoms with Crippen molar-refractivity contribution in [2.45, 2.75) is 13.5 Å². The molecule has 0 unspecified atom stereocenters. The van der Waals surface area contributed by atoms with Crippen LogP contribution in [0.2, 0.25) is 4.47 Å². The first-order chi connectivity index (χ1) is 13.7. The van der Waals surface area contributed by atoms with Gasteiger partial charge >= 0.3 is 0 Å². The summed E-state index contributed by atoms with van der Waals surface area (Å²) in [7, 11) is 0. The summed E-state index contributed by atoms with van der Waals surface area (Å²) >= 11 is 7.35. The third-order valence-electron chi connectivity index (χ3n) is 4.09. The molecule has 140 valence electrons. The Morgan fingerprint density at radius 2 is 2.00 bits per heavy atom. The van der Waals surface area contributed by atoms with Crippen molar-refractivity contribution in [1.82, 2.24) is 19.9 Å². The summed E-state index contributed by atoms with van der Waals surface area (Å²) in [6, 6.07) is 11.9. The van der Waals surface area contributed by atoms with E-state index >= 15 is 0 Å². The number of aromatic nitrogens is 4. The second kappa shape index (κ2) is 8.33. The van der Waals surface area contributed by atoms with E-state index in [0.717, 1.165) is 33.1 Å². The molecule has 0 fully saturated rings. The van der Waals surface area contributed by atoms with Crippen molar-refractivity contribution in [1.29, 1.82) is 0 Å². The molecule has 0 bridgehead atoms. The first kappa shape index (κ1) is 18.3. The number of anilines is 3. The fourth-order valence-corrected chi connectivity index (χ4v) is 3.55. The molecule has 2 N–H and O–H groups in total. The molecular weight excluding hydrogens is 392 g/mol. The van der Waals surface area contributed by atoms with Gasteiger partial charge in [-0.2, -0.15) is 0 Å². The Bertz CT molecular complexity index is 1080. The number of pyridine rings is 1. The average molecular weight is 409 g/mol. The molecule has 0 saturated carbocycles. The Labute approximate surface area is 171 Å². The zero-order chi connectivity index (χ0) is 19.3. The minimum Gasteiger partial charge on any atom is -0.380 e. The second-order valence-corrected chi connectivity index (χ2v) is 7.79. The standard InChI is InChI=1S/C20H17ClN6S/c1-13-4-5-15(24-11-16-12-25-19(21)28-16)9-18(13)27-20-23-8-6-17(26-20)14-3-2-7-22-10-14/h2-10,12,24H,11H2,1H3,(H,23,26,27). The maximum atomic E-state index is 5.89. The zero-order valence-electron chi connectivity index (χ0n) is 15.1. The topological polar surface area (TPSA) is 75.6 Å². The van der Waals surface area contributed by atoms with Gasteiger partial charge in [0.15, 0.2) is 4.47 Å². The van der Waals surface area contributed by atoms with Crippen molar-refractivity contribution in [3.05, 3.63) is 76.1 Å². The number of halogens is 1. The number of nitrogens with one attached hydrogen (secondary N) is 2. The van der Waals surface area contributed by atoms with Gasteiger partial charge in [0.1, 0.15) is 0 Å². The monoisotopic (exact) mass is 408 g/mol. The van der Waals surface area contributed by atoms with Crippen molar-refractivity contribution in [2.75, 3.05) is 10.6 Å². The lowest BCUT2D eigenvalue weighted by molar-refractivity contribution is 1.15. The summed E-state index contributed by atoms with van der Waals surface area (Å²) in [5.41, 5.74) is 4.79. The predicted octanol–water partition coefficient (Wildman–Crippen LogP) is 5.31. The van der Waals surface area contributed by atoms with Gasteiger partial charge < -0.3 is 10.6 Å². The normalized spacial score (nSPS) is 10.6. The molecule has 0 aliphatic carbocycles. The molecule has 0 atom stereocenters. The van der Waals surface area contributed by atoms with Crippen LogP contribution in [0.5, 0.6) is 0 Å². The van der Waals surface area contributed by atoms with Crippen molar-refractivity contribution < 1.29 is 0 Å². The summed E-state index contributed by atoms with van der Waals surface area (Å²) in [5.74, 6) is 0.538. The van der Waals surface area contributed by atoms with E-state index in [2.05, 4.69) is 36.6 Å². The summed E-state index contributed by atoms with van der Waals surface area (Å²) in [6.45, 7) is 2.71. The SMILES string of the molecule is Cc1ccc(NCc2cnc(Cl)s2)cc1Nc1nccc(-c2cccnc2)n1. The number of hydrogen-bond donors (Lipinski definition) is 2. The Balaban J connectivity index is 1.51. The van der Waals surface area contributed by atoms with Crippen LogP contribution in [0.25, 0.3) is 11.3 Å². The van der Waals surface area contributed by atoms with E-state index in [4.69, 9.17) is 11.6 Å². The lowest BCUT2D eigenvalue weighted by atomic mass is 10.1. The Hall–Kier alpha value is -3.03. The van der Waals surface area contributed by atoms with Gasteiger partial charge in [-0.05, 0) is 42.8 Å². The summed E-state index contributed by atoms with van der Waals surface area (Å²) in [4.78, 5) is 18.2. The van der Waals surface area contributed by atoms with Crippen molar-refractivity contribution in [3.63, 3.8) is 0 Å². The number of nitrogens with zero attached hydrogens (tertiary/aromatic N) is 4. The largest absolute Gasteiger partial charge is 0.380 e. The predicted molar refractivity (Wildman–Crippen MR) is 114 cm³/mol. The molecule has 0 amide bonds. The van der Waals surface area contributed by atoms with Crippen molar-refractivity contribution in [3.8, 4) is 11.3 Å². The fourth-order valence-electron chi connectivity index (χ4n) is 2.64. The molecule has 4 aromatic rings. The van der Waals surface area contributed by atoms with Crippen LogP contribution in [-0.2, 0) is 6.54 Å². The van der Waals surface area contributed by atoms with Gasteiger partial charge in [0.25, 0.3) is 0 Å². The van der Waals surface area contributed by atoms with Crippen LogP contribution in [0.4, 0.5) is 17.3 Å². The fraction of sp³-hybridized carbons (Fsp3) is 0.100. The average Bonchev–Trinajstić information content (AvgIpc) is 3.15. The summed E-state index contributed by atoms with van der Waals surface area (Å²) in [6.07, 6.45) is 7.05. The molecule has 28 heavy (non-hydrogen) atoms. The highest BCUT2D eigenvalue weighted by Crippen LogP contribution is 2.25. The van der Waals surface area contributed by atoms with Gasteiger partial charge in [0, 0.05) is 46.6 Å². The molecule has 8 heteroatoms. The summed E-state index contributed by atoms with van der Waals surface area (Å²) < 4.78 is 0.550. The quantitative estimate of drug-likeness (QED) is 0.450. The van der Waals surface area contributed by atoms with Gasteiger partial charge in [-0.1, -0.05) is 17.7 Å². The molecule has 6 nitrogen and oxygen atoms in total. The molecule has 3 heterocycles. The highest BCUT2D eigenvalue weighted by Gasteiger charge is 2.06. The molecule has 0 aliphatic heterocycles. The Morgan fingerprint density at radius 3 is 2.79 bits per heavy atom. The molecule has 0 spiro atoms. The van der Waals surface area contributed by atoms with Gasteiger partial charge in [-0.15, -0.1) is 11.3 Å². The number of thiazole rings is 1. The molecule has 0 radical (unpaired) electrons. The van der Waals surface area contributed by atoms with Crippen LogP contribution >= 0.6 is 22.9 Å². The van der Waals surface area contributed by atoms with Gasteiger partial charge in [-0.3, -0.25) is 4.98 Å². The molecular formula is C20H17ClN6S. The molecule has 1 aromatic carbocycles. The van der Waals surface area contributed by atoms with Crippen LogP contribution in [0, 0.1) is 6.92 Å². The second-order valence-electron chi connectivity index (χ2n) is 6.09. The number of rotatable bonds is 6. The Morgan fingerprint density at radius 1 is 1.07 bits per heavy atom. The zero-order valence-corrected chi connectivity index (χ0v) is 16.6. The van der Waals surface area contributed by atoms with E-state index in [0.29, 0.717) is 17.0 Å². The maximum Gasteiger partial charge on any atom is 0.227 e. The lowest BCUT2D eigenvalue weighted by Crippen LogP contribution is -2.02. The van der Waals surface area contributed by atoms with Crippen LogP contribution in [0.1, 0.15) is 10.4 Å². The van der Waals surface area contributed by atoms with E-state index in [1.165, 1.54) is 11.3 Å². The molecule has 4 rings (SSSR count). The molecule has 0 aliphatic rings. The van der Waals surface area contributed by atoms with Gasteiger partial charge in [-0.25, -0.2) is 15.0 Å². The smallest absolute Gasteiger partial charge is 0.227 e. The van der Waals surface area contributed by atoms with E-state index in [1.54, 1.807) is 24.8 Å². The third kappa shape index (κ3) is 4.44. The van der Waals surface area contributed by atoms with E-state index in [1.807, 2.05) is 37.3 Å². The maximum absolute atomic E-state index is 5.89. The lowest BCUT2D eigenvalue weighted by Gasteiger charge is -2.12. The highest BCUT2D eigenvalue weighted by molar-refractivity contribution is 7.15. The van der Waals surface area contributed by atoms with E-state index in [-0.39, 0.29) is 0 Å². The Kier molecular flexibility index (Phi) is 5.45. The van der Waals surface area contributed by atoms with Crippen LogP contribution in [0.3, 0.4) is 0 Å². The van der Waals surface area contributed by atoms with Crippen LogP contribution in [0.15, 0.2) is 61.2 Å².